The van der Waals surface area contributed by atoms with Crippen molar-refractivity contribution in [1.82, 2.24) is 0 Å². The van der Waals surface area contributed by atoms with Gasteiger partial charge < -0.3 is 10.2 Å². The molecule has 0 aromatic heterocycles. The zero-order valence-electron chi connectivity index (χ0n) is 7.21. The standard InChI is InChI=1S/C4H6O10S2/c5-1(3(7)15(9,10)11)2(6)4(8)16(12,13)14/h1-2,5-6H,(H,9,10,11)(H,12,13,14). The highest BCUT2D eigenvalue weighted by Crippen LogP contribution is 2.04. The summed E-state index contributed by atoms with van der Waals surface area (Å²) in [5.41, 5.74) is 0. The summed E-state index contributed by atoms with van der Waals surface area (Å²) in [6, 6.07) is 0. The van der Waals surface area contributed by atoms with E-state index in [-0.39, 0.29) is 0 Å². The minimum absolute atomic E-state index is 2.38. The second-order valence-electron chi connectivity index (χ2n) is 2.48. The zero-order chi connectivity index (χ0) is 13.3. The fourth-order valence-electron chi connectivity index (χ4n) is 0.563. The topological polar surface area (TPSA) is 183 Å². The van der Waals surface area contributed by atoms with E-state index in [1.54, 1.807) is 0 Å². The predicted octanol–water partition coefficient (Wildman–Crippen LogP) is -3.46. The first-order valence-corrected chi connectivity index (χ1v) is 6.16. The first-order chi connectivity index (χ1) is 6.89. The van der Waals surface area contributed by atoms with Crippen LogP contribution in [-0.4, -0.2) is 58.6 Å². The van der Waals surface area contributed by atoms with Gasteiger partial charge in [0.2, 0.25) is 0 Å². The third-order valence-corrected chi connectivity index (χ3v) is 2.79. The zero-order valence-corrected chi connectivity index (χ0v) is 8.84. The van der Waals surface area contributed by atoms with Crippen LogP contribution in [0.1, 0.15) is 0 Å². The van der Waals surface area contributed by atoms with Gasteiger partial charge in [-0.3, -0.25) is 18.7 Å². The van der Waals surface area contributed by atoms with E-state index in [2.05, 4.69) is 0 Å². The van der Waals surface area contributed by atoms with Crippen molar-refractivity contribution >= 4 is 30.5 Å². The molecule has 0 bridgehead atoms. The molecule has 0 aromatic carbocycles. The number of hydrogen-bond acceptors (Lipinski definition) is 8. The second kappa shape index (κ2) is 4.52. The summed E-state index contributed by atoms with van der Waals surface area (Å²) < 4.78 is 56.9. The second-order valence-corrected chi connectivity index (χ2v) is 5.18. The molecular weight excluding hydrogens is 272 g/mol. The molecule has 4 N–H and O–H groups in total. The van der Waals surface area contributed by atoms with Gasteiger partial charge in [0.05, 0.1) is 0 Å². The monoisotopic (exact) mass is 278 g/mol. The van der Waals surface area contributed by atoms with Crippen molar-refractivity contribution in [2.24, 2.45) is 0 Å². The van der Waals surface area contributed by atoms with E-state index in [4.69, 9.17) is 19.3 Å². The van der Waals surface area contributed by atoms with Crippen LogP contribution in [0.3, 0.4) is 0 Å². The SMILES string of the molecule is O=C(C(O)C(O)C(=O)S(=O)(=O)O)S(=O)(=O)O. The number of carbonyl (C=O) groups is 2. The first-order valence-electron chi connectivity index (χ1n) is 3.28. The van der Waals surface area contributed by atoms with E-state index >= 15 is 0 Å². The van der Waals surface area contributed by atoms with Crippen molar-refractivity contribution in [2.45, 2.75) is 12.2 Å². The molecule has 0 aromatic rings. The fourth-order valence-corrected chi connectivity index (χ4v) is 1.43. The van der Waals surface area contributed by atoms with Gasteiger partial charge in [0.1, 0.15) is 0 Å². The molecule has 2 unspecified atom stereocenters. The van der Waals surface area contributed by atoms with Gasteiger partial charge >= 0.3 is 30.5 Å². The number of hydrogen-bond donors (Lipinski definition) is 4. The average Bonchev–Trinajstić information content (AvgIpc) is 2.10. The molecule has 94 valence electrons. The Balaban J connectivity index is 5.13. The number of aliphatic hydroxyl groups excluding tert-OH is 2. The molecule has 0 saturated heterocycles. The molecule has 0 aliphatic carbocycles. The van der Waals surface area contributed by atoms with E-state index < -0.39 is 42.7 Å². The molecule has 0 fully saturated rings. The van der Waals surface area contributed by atoms with Crippen molar-refractivity contribution in [2.75, 3.05) is 0 Å². The van der Waals surface area contributed by atoms with Crippen LogP contribution in [-0.2, 0) is 29.8 Å². The lowest BCUT2D eigenvalue weighted by molar-refractivity contribution is -0.134. The molecule has 0 spiro atoms. The number of aliphatic hydroxyl groups is 2. The van der Waals surface area contributed by atoms with Gasteiger partial charge in [-0.05, 0) is 0 Å². The Morgan fingerprint density at radius 2 is 0.938 bits per heavy atom. The van der Waals surface area contributed by atoms with Crippen LogP contribution in [0, 0.1) is 0 Å². The average molecular weight is 278 g/mol. The molecule has 0 aliphatic heterocycles. The lowest BCUT2D eigenvalue weighted by atomic mass is 10.2. The summed E-state index contributed by atoms with van der Waals surface area (Å²) in [6.07, 6.45) is -6.05. The molecule has 0 amide bonds. The van der Waals surface area contributed by atoms with Crippen molar-refractivity contribution in [1.29, 1.82) is 0 Å². The summed E-state index contributed by atoms with van der Waals surface area (Å²) in [4.78, 5) is 21.1. The fraction of sp³-hybridized carbons (Fsp3) is 0.500. The largest absolute Gasteiger partial charge is 0.381 e. The van der Waals surface area contributed by atoms with Gasteiger partial charge in [-0.25, -0.2) is 0 Å². The molecule has 0 rings (SSSR count). The highest BCUT2D eigenvalue weighted by Gasteiger charge is 2.41. The molecule has 12 heteroatoms. The van der Waals surface area contributed by atoms with Crippen LogP contribution in [0.5, 0.6) is 0 Å². The van der Waals surface area contributed by atoms with Crippen molar-refractivity contribution in [3.05, 3.63) is 0 Å². The molecule has 0 radical (unpaired) electrons. The lowest BCUT2D eigenvalue weighted by Gasteiger charge is -2.11. The summed E-state index contributed by atoms with van der Waals surface area (Å²) in [6.45, 7) is 0. The van der Waals surface area contributed by atoms with Crippen molar-refractivity contribution in [3.63, 3.8) is 0 Å². The lowest BCUT2D eigenvalue weighted by Crippen LogP contribution is -2.44. The minimum atomic E-state index is -5.40. The van der Waals surface area contributed by atoms with Gasteiger partial charge in [-0.1, -0.05) is 0 Å². The molecule has 16 heavy (non-hydrogen) atoms. The van der Waals surface area contributed by atoms with Crippen LogP contribution in [0.25, 0.3) is 0 Å². The normalized spacial score (nSPS) is 16.5. The Labute approximate surface area is 89.0 Å². The quantitative estimate of drug-likeness (QED) is 0.378. The maximum Gasteiger partial charge on any atom is 0.331 e. The predicted molar refractivity (Wildman–Crippen MR) is 45.1 cm³/mol. The van der Waals surface area contributed by atoms with E-state index in [1.165, 1.54) is 0 Å². The molecule has 2 atom stereocenters. The number of carbonyl (C=O) groups excluding carboxylic acids is 2. The number of rotatable bonds is 3. The van der Waals surface area contributed by atoms with E-state index in [1.807, 2.05) is 0 Å². The highest BCUT2D eigenvalue weighted by atomic mass is 32.2. The van der Waals surface area contributed by atoms with Crippen LogP contribution in [0.15, 0.2) is 0 Å². The maximum absolute atomic E-state index is 10.6. The summed E-state index contributed by atoms with van der Waals surface area (Å²) >= 11 is 0. The molecular formula is C4H6O10S2. The van der Waals surface area contributed by atoms with Crippen molar-refractivity contribution in [3.8, 4) is 0 Å². The van der Waals surface area contributed by atoms with Gasteiger partial charge in [0.25, 0.3) is 0 Å². The maximum atomic E-state index is 10.6. The van der Waals surface area contributed by atoms with Crippen LogP contribution in [0.2, 0.25) is 0 Å². The van der Waals surface area contributed by atoms with Gasteiger partial charge in [0, 0.05) is 0 Å². The van der Waals surface area contributed by atoms with Crippen molar-refractivity contribution < 1.29 is 45.7 Å². The minimum Gasteiger partial charge on any atom is -0.381 e. The van der Waals surface area contributed by atoms with Crippen LogP contribution in [0.4, 0.5) is 0 Å². The molecule has 0 aliphatic rings. The van der Waals surface area contributed by atoms with Gasteiger partial charge in [0.15, 0.2) is 12.2 Å². The summed E-state index contributed by atoms with van der Waals surface area (Å²) in [7, 11) is -10.8. The Morgan fingerprint density at radius 3 is 1.06 bits per heavy atom. The third kappa shape index (κ3) is 3.58. The van der Waals surface area contributed by atoms with E-state index in [0.29, 0.717) is 0 Å². The Morgan fingerprint density at radius 1 is 0.750 bits per heavy atom. The Bertz CT molecular complexity index is 449. The van der Waals surface area contributed by atoms with E-state index in [0.717, 1.165) is 0 Å². The summed E-state index contributed by atoms with van der Waals surface area (Å²) in [5, 5.41) is 12.7. The Kier molecular flexibility index (Phi) is 4.26. The highest BCUT2D eigenvalue weighted by molar-refractivity contribution is 8.02. The van der Waals surface area contributed by atoms with E-state index in [9.17, 15) is 26.4 Å². The van der Waals surface area contributed by atoms with Crippen LogP contribution < -0.4 is 0 Å². The Hall–Kier alpha value is -0.920. The molecule has 10 nitrogen and oxygen atoms in total. The van der Waals surface area contributed by atoms with Gasteiger partial charge in [-0.15, -0.1) is 0 Å². The summed E-state index contributed by atoms with van der Waals surface area (Å²) in [5.74, 6) is 0. The van der Waals surface area contributed by atoms with Gasteiger partial charge in [-0.2, -0.15) is 16.8 Å². The molecule has 0 heterocycles. The smallest absolute Gasteiger partial charge is 0.331 e. The molecule has 0 saturated carbocycles. The first kappa shape index (κ1) is 15.1. The van der Waals surface area contributed by atoms with Crippen LogP contribution >= 0.6 is 0 Å². The third-order valence-electron chi connectivity index (χ3n) is 1.29.